The van der Waals surface area contributed by atoms with Crippen LogP contribution in [0.1, 0.15) is 13.3 Å². The van der Waals surface area contributed by atoms with Crippen LogP contribution in [0.5, 0.6) is 5.75 Å². The van der Waals surface area contributed by atoms with Crippen molar-refractivity contribution in [2.75, 3.05) is 51.5 Å². The summed E-state index contributed by atoms with van der Waals surface area (Å²) in [7, 11) is 5.85. The summed E-state index contributed by atoms with van der Waals surface area (Å²) in [6.45, 7) is 5.22. The first-order valence-electron chi connectivity index (χ1n) is 6.41. The van der Waals surface area contributed by atoms with Gasteiger partial charge in [-0.1, -0.05) is 0 Å². The highest BCUT2D eigenvalue weighted by atomic mass is 16.5. The van der Waals surface area contributed by atoms with Gasteiger partial charge in [0.2, 0.25) is 0 Å². The van der Waals surface area contributed by atoms with Crippen LogP contribution in [-0.2, 0) is 0 Å². The van der Waals surface area contributed by atoms with Crippen LogP contribution in [0.4, 0.5) is 11.4 Å². The molecule has 0 fully saturated rings. The molecule has 102 valence electrons. The maximum atomic E-state index is 6.07. The van der Waals surface area contributed by atoms with Crippen molar-refractivity contribution in [2.24, 2.45) is 0 Å². The molecule has 2 N–H and O–H groups in total. The predicted molar refractivity (Wildman–Crippen MR) is 78.5 cm³/mol. The van der Waals surface area contributed by atoms with Gasteiger partial charge in [0.15, 0.2) is 0 Å². The van der Waals surface area contributed by atoms with E-state index >= 15 is 0 Å². The van der Waals surface area contributed by atoms with Gasteiger partial charge in [-0.3, -0.25) is 0 Å². The summed E-state index contributed by atoms with van der Waals surface area (Å²) < 4.78 is 5.17. The van der Waals surface area contributed by atoms with E-state index in [0.717, 1.165) is 43.2 Å². The third kappa shape index (κ3) is 4.11. The number of nitrogen functional groups attached to an aromatic ring is 1. The van der Waals surface area contributed by atoms with E-state index in [2.05, 4.69) is 30.8 Å². The van der Waals surface area contributed by atoms with E-state index in [1.54, 1.807) is 7.11 Å². The largest absolute Gasteiger partial charge is 0.497 e. The summed E-state index contributed by atoms with van der Waals surface area (Å²) in [6, 6.07) is 5.87. The van der Waals surface area contributed by atoms with Gasteiger partial charge in [-0.05, 0) is 46.1 Å². The molecule has 0 heterocycles. The average Bonchev–Trinajstić information content (AvgIpc) is 2.35. The average molecular weight is 251 g/mol. The molecule has 4 heteroatoms. The molecule has 0 saturated carbocycles. The Labute approximate surface area is 110 Å². The second-order valence-corrected chi connectivity index (χ2v) is 4.66. The van der Waals surface area contributed by atoms with Crippen molar-refractivity contribution in [3.05, 3.63) is 18.2 Å². The summed E-state index contributed by atoms with van der Waals surface area (Å²) in [5, 5.41) is 0. The third-order valence-corrected chi connectivity index (χ3v) is 2.99. The maximum absolute atomic E-state index is 6.07. The minimum atomic E-state index is 0.779. The summed E-state index contributed by atoms with van der Waals surface area (Å²) in [6.07, 6.45) is 1.13. The second kappa shape index (κ2) is 7.11. The molecule has 4 nitrogen and oxygen atoms in total. The molecule has 0 unspecified atom stereocenters. The van der Waals surface area contributed by atoms with Crippen molar-refractivity contribution in [1.29, 1.82) is 0 Å². The SMILES string of the molecule is CCN(CCCN(C)C)c1ccc(OC)cc1N. The summed E-state index contributed by atoms with van der Waals surface area (Å²) in [5.41, 5.74) is 7.95. The highest BCUT2D eigenvalue weighted by Gasteiger charge is 2.08. The molecule has 0 aliphatic heterocycles. The van der Waals surface area contributed by atoms with Gasteiger partial charge >= 0.3 is 0 Å². The van der Waals surface area contributed by atoms with Gasteiger partial charge in [-0.2, -0.15) is 0 Å². The van der Waals surface area contributed by atoms with Crippen molar-refractivity contribution < 1.29 is 4.74 Å². The van der Waals surface area contributed by atoms with Crippen molar-refractivity contribution in [2.45, 2.75) is 13.3 Å². The van der Waals surface area contributed by atoms with Gasteiger partial charge in [0.1, 0.15) is 5.75 Å². The lowest BCUT2D eigenvalue weighted by molar-refractivity contribution is 0.400. The zero-order valence-electron chi connectivity index (χ0n) is 11.9. The normalized spacial score (nSPS) is 10.7. The summed E-state index contributed by atoms with van der Waals surface area (Å²) in [4.78, 5) is 4.50. The molecular weight excluding hydrogens is 226 g/mol. The van der Waals surface area contributed by atoms with E-state index in [1.165, 1.54) is 0 Å². The van der Waals surface area contributed by atoms with Gasteiger partial charge in [0.25, 0.3) is 0 Å². The lowest BCUT2D eigenvalue weighted by Gasteiger charge is -2.25. The number of hydrogen-bond donors (Lipinski definition) is 1. The first-order valence-corrected chi connectivity index (χ1v) is 6.41. The number of hydrogen-bond acceptors (Lipinski definition) is 4. The van der Waals surface area contributed by atoms with Gasteiger partial charge < -0.3 is 20.3 Å². The summed E-state index contributed by atoms with van der Waals surface area (Å²) in [5.74, 6) is 0.806. The lowest BCUT2D eigenvalue weighted by atomic mass is 10.2. The molecular formula is C14H25N3O. The summed E-state index contributed by atoms with van der Waals surface area (Å²) >= 11 is 0. The van der Waals surface area contributed by atoms with Crippen LogP contribution in [0, 0.1) is 0 Å². The van der Waals surface area contributed by atoms with E-state index in [4.69, 9.17) is 10.5 Å². The van der Waals surface area contributed by atoms with E-state index in [0.29, 0.717) is 0 Å². The molecule has 0 radical (unpaired) electrons. The molecule has 0 aliphatic rings. The monoisotopic (exact) mass is 251 g/mol. The smallest absolute Gasteiger partial charge is 0.121 e. The van der Waals surface area contributed by atoms with Gasteiger partial charge in [-0.25, -0.2) is 0 Å². The molecule has 0 aromatic heterocycles. The Kier molecular flexibility index (Phi) is 5.78. The minimum absolute atomic E-state index is 0.779. The van der Waals surface area contributed by atoms with Gasteiger partial charge in [0, 0.05) is 19.2 Å². The van der Waals surface area contributed by atoms with Gasteiger partial charge in [0.05, 0.1) is 18.5 Å². The first kappa shape index (κ1) is 14.6. The fraction of sp³-hybridized carbons (Fsp3) is 0.571. The number of benzene rings is 1. The van der Waals surface area contributed by atoms with E-state index < -0.39 is 0 Å². The number of methoxy groups -OCH3 is 1. The molecule has 1 rings (SSSR count). The second-order valence-electron chi connectivity index (χ2n) is 4.66. The molecule has 0 saturated heterocycles. The van der Waals surface area contributed by atoms with Crippen molar-refractivity contribution in [1.82, 2.24) is 4.90 Å². The molecule has 18 heavy (non-hydrogen) atoms. The fourth-order valence-corrected chi connectivity index (χ4v) is 1.97. The standard InChI is InChI=1S/C14H25N3O/c1-5-17(10-6-9-16(2)3)14-8-7-12(18-4)11-13(14)15/h7-8,11H,5-6,9-10,15H2,1-4H3. The Morgan fingerprint density at radius 1 is 1.22 bits per heavy atom. The highest BCUT2D eigenvalue weighted by Crippen LogP contribution is 2.27. The highest BCUT2D eigenvalue weighted by molar-refractivity contribution is 5.69. The predicted octanol–water partition coefficient (Wildman–Crippen LogP) is 2.06. The Bertz CT molecular complexity index is 366. The van der Waals surface area contributed by atoms with Crippen LogP contribution in [-0.4, -0.2) is 45.7 Å². The van der Waals surface area contributed by atoms with E-state index in [-0.39, 0.29) is 0 Å². The molecule has 0 aliphatic carbocycles. The number of nitrogens with zero attached hydrogens (tertiary/aromatic N) is 2. The molecule has 0 amide bonds. The fourth-order valence-electron chi connectivity index (χ4n) is 1.97. The Morgan fingerprint density at radius 3 is 2.44 bits per heavy atom. The molecule has 0 bridgehead atoms. The van der Waals surface area contributed by atoms with Crippen LogP contribution >= 0.6 is 0 Å². The minimum Gasteiger partial charge on any atom is -0.497 e. The molecule has 1 aromatic carbocycles. The van der Waals surface area contributed by atoms with Crippen LogP contribution < -0.4 is 15.4 Å². The van der Waals surface area contributed by atoms with E-state index in [1.807, 2.05) is 18.2 Å². The van der Waals surface area contributed by atoms with Crippen molar-refractivity contribution >= 4 is 11.4 Å². The Morgan fingerprint density at radius 2 is 1.94 bits per heavy atom. The Hall–Kier alpha value is -1.42. The van der Waals surface area contributed by atoms with Crippen LogP contribution in [0.25, 0.3) is 0 Å². The van der Waals surface area contributed by atoms with Gasteiger partial charge in [-0.15, -0.1) is 0 Å². The maximum Gasteiger partial charge on any atom is 0.121 e. The lowest BCUT2D eigenvalue weighted by Crippen LogP contribution is -2.27. The Balaban J connectivity index is 2.69. The number of nitrogens with two attached hydrogens (primary N) is 1. The quantitative estimate of drug-likeness (QED) is 0.753. The molecule has 0 atom stereocenters. The van der Waals surface area contributed by atoms with Crippen LogP contribution in [0.2, 0.25) is 0 Å². The molecule has 1 aromatic rings. The third-order valence-electron chi connectivity index (χ3n) is 2.99. The number of anilines is 2. The van der Waals surface area contributed by atoms with Crippen molar-refractivity contribution in [3.63, 3.8) is 0 Å². The van der Waals surface area contributed by atoms with Crippen LogP contribution in [0.3, 0.4) is 0 Å². The zero-order chi connectivity index (χ0) is 13.5. The first-order chi connectivity index (χ1) is 8.58. The van der Waals surface area contributed by atoms with E-state index in [9.17, 15) is 0 Å². The molecule has 0 spiro atoms. The topological polar surface area (TPSA) is 41.7 Å². The zero-order valence-corrected chi connectivity index (χ0v) is 11.9. The number of rotatable bonds is 7. The van der Waals surface area contributed by atoms with Crippen molar-refractivity contribution in [3.8, 4) is 5.75 Å². The van der Waals surface area contributed by atoms with Crippen LogP contribution in [0.15, 0.2) is 18.2 Å². The number of ether oxygens (including phenoxy) is 1.